The molecule has 0 radical (unpaired) electrons. The summed E-state index contributed by atoms with van der Waals surface area (Å²) in [7, 11) is -2.01. The van der Waals surface area contributed by atoms with Crippen molar-refractivity contribution in [3.63, 3.8) is 0 Å². The molecule has 1 saturated carbocycles. The Kier molecular flexibility index (Phi) is 9.51. The molecule has 0 bridgehead atoms. The topological polar surface area (TPSA) is 99.2 Å². The van der Waals surface area contributed by atoms with Gasteiger partial charge < -0.3 is 19.6 Å². The third kappa shape index (κ3) is 7.10. The van der Waals surface area contributed by atoms with Gasteiger partial charge in [-0.2, -0.15) is 0 Å². The number of likely N-dealkylation sites (N-methyl/N-ethyl adjacent to an activating group) is 1. The molecule has 1 aliphatic carbocycles. The summed E-state index contributed by atoms with van der Waals surface area (Å²) in [5, 5.41) is 9.90. The van der Waals surface area contributed by atoms with Crippen LogP contribution in [0.3, 0.4) is 0 Å². The number of hydrogen-bond donors (Lipinski definition) is 2. The highest BCUT2D eigenvalue weighted by atomic mass is 32.2. The van der Waals surface area contributed by atoms with Crippen molar-refractivity contribution in [1.29, 1.82) is 0 Å². The first kappa shape index (κ1) is 29.3. The van der Waals surface area contributed by atoms with Crippen molar-refractivity contribution in [2.24, 2.45) is 11.8 Å². The maximum atomic E-state index is 13.7. The number of aliphatic hydroxyl groups is 1. The van der Waals surface area contributed by atoms with E-state index in [1.807, 2.05) is 6.92 Å². The predicted molar refractivity (Wildman–Crippen MR) is 149 cm³/mol. The fourth-order valence-corrected chi connectivity index (χ4v) is 6.61. The zero-order valence-corrected chi connectivity index (χ0v) is 23.8. The lowest BCUT2D eigenvalue weighted by Crippen LogP contribution is -2.50. The molecule has 2 aromatic carbocycles. The van der Waals surface area contributed by atoms with E-state index in [0.717, 1.165) is 18.7 Å². The Bertz CT molecular complexity index is 1230. The lowest BCUT2D eigenvalue weighted by atomic mass is 9.89. The molecular weight excluding hydrogens is 521 g/mol. The van der Waals surface area contributed by atoms with E-state index < -0.39 is 21.9 Å². The predicted octanol–water partition coefficient (Wildman–Crippen LogP) is 4.36. The van der Waals surface area contributed by atoms with Crippen LogP contribution in [-0.2, 0) is 10.0 Å². The van der Waals surface area contributed by atoms with Gasteiger partial charge in [0.15, 0.2) is 5.75 Å². The van der Waals surface area contributed by atoms with E-state index in [1.165, 1.54) is 44.2 Å². The maximum absolute atomic E-state index is 13.7. The number of para-hydroxylation sites is 1. The lowest BCUT2D eigenvalue weighted by Gasteiger charge is -2.39. The van der Waals surface area contributed by atoms with Crippen LogP contribution >= 0.6 is 0 Å². The molecule has 0 spiro atoms. The fraction of sp³-hybridized carbons (Fsp3) is 0.552. The first-order chi connectivity index (χ1) is 18.6. The summed E-state index contributed by atoms with van der Waals surface area (Å²) in [6.45, 7) is 5.56. The molecule has 2 aromatic rings. The maximum Gasteiger partial charge on any atom is 0.262 e. The van der Waals surface area contributed by atoms with E-state index in [1.54, 1.807) is 30.0 Å². The number of aliphatic hydroxyl groups excluding tert-OH is 1. The summed E-state index contributed by atoms with van der Waals surface area (Å²) in [6.07, 6.45) is 5.92. The van der Waals surface area contributed by atoms with Gasteiger partial charge in [-0.05, 0) is 69.1 Å². The van der Waals surface area contributed by atoms with Gasteiger partial charge in [-0.1, -0.05) is 32.3 Å². The van der Waals surface area contributed by atoms with Crippen LogP contribution in [0, 0.1) is 17.7 Å². The van der Waals surface area contributed by atoms with Gasteiger partial charge >= 0.3 is 0 Å². The molecule has 1 aliphatic heterocycles. The Labute approximate surface area is 231 Å². The zero-order chi connectivity index (χ0) is 28.2. The standard InChI is InChI=1S/C29H40FN3O5S/c1-20-16-33(21(2)19-34)29(35)25-10-7-11-26(31-39(36,37)24-14-12-23(30)13-15-24)28(25)38-27(20)18-32(3)17-22-8-5-4-6-9-22/h7,10-15,20-22,27,31,34H,4-6,8-9,16-19H2,1-3H3/t20-,21-,27-/m1/s1. The Hall–Kier alpha value is -2.69. The van der Waals surface area contributed by atoms with E-state index in [9.17, 15) is 22.7 Å². The molecular formula is C29H40FN3O5S. The van der Waals surface area contributed by atoms with E-state index >= 15 is 0 Å². The molecule has 39 heavy (non-hydrogen) atoms. The van der Waals surface area contributed by atoms with Crippen LogP contribution < -0.4 is 9.46 Å². The molecule has 1 heterocycles. The summed E-state index contributed by atoms with van der Waals surface area (Å²) in [6, 6.07) is 8.88. The summed E-state index contributed by atoms with van der Waals surface area (Å²) in [4.78, 5) is 17.5. The summed E-state index contributed by atoms with van der Waals surface area (Å²) in [5.41, 5.74) is 0.359. The number of carbonyl (C=O) groups is 1. The number of nitrogens with zero attached hydrogens (tertiary/aromatic N) is 2. The number of ether oxygens (including phenoxy) is 1. The average Bonchev–Trinajstić information content (AvgIpc) is 2.91. The molecule has 8 nitrogen and oxygen atoms in total. The first-order valence-electron chi connectivity index (χ1n) is 13.8. The second-order valence-corrected chi connectivity index (χ2v) is 12.8. The highest BCUT2D eigenvalue weighted by molar-refractivity contribution is 7.92. The van der Waals surface area contributed by atoms with E-state index in [2.05, 4.69) is 16.7 Å². The number of benzene rings is 2. The Balaban J connectivity index is 1.68. The van der Waals surface area contributed by atoms with Crippen molar-refractivity contribution in [2.75, 3.05) is 38.0 Å². The van der Waals surface area contributed by atoms with Crippen molar-refractivity contribution in [2.45, 2.75) is 63.0 Å². The summed E-state index contributed by atoms with van der Waals surface area (Å²) < 4.78 is 48.9. The minimum absolute atomic E-state index is 0.0910. The van der Waals surface area contributed by atoms with Gasteiger partial charge in [0.1, 0.15) is 11.9 Å². The molecule has 1 fully saturated rings. The number of anilines is 1. The number of hydrogen-bond acceptors (Lipinski definition) is 6. The van der Waals surface area contributed by atoms with E-state index in [-0.39, 0.29) is 46.4 Å². The molecule has 0 saturated heterocycles. The highest BCUT2D eigenvalue weighted by Crippen LogP contribution is 2.36. The van der Waals surface area contributed by atoms with Crippen molar-refractivity contribution in [1.82, 2.24) is 9.80 Å². The average molecular weight is 562 g/mol. The number of halogens is 1. The Morgan fingerprint density at radius 1 is 1.13 bits per heavy atom. The molecule has 4 rings (SSSR count). The highest BCUT2D eigenvalue weighted by Gasteiger charge is 2.35. The number of fused-ring (bicyclic) bond motifs is 1. The van der Waals surface area contributed by atoms with Gasteiger partial charge in [0.2, 0.25) is 0 Å². The van der Waals surface area contributed by atoms with E-state index in [4.69, 9.17) is 4.74 Å². The molecule has 0 aromatic heterocycles. The van der Waals surface area contributed by atoms with Crippen molar-refractivity contribution in [3.8, 4) is 5.75 Å². The van der Waals surface area contributed by atoms with Crippen molar-refractivity contribution >= 4 is 21.6 Å². The van der Waals surface area contributed by atoms with Gasteiger partial charge in [0.05, 0.1) is 28.8 Å². The van der Waals surface area contributed by atoms with Crippen LogP contribution in [0.15, 0.2) is 47.4 Å². The molecule has 214 valence electrons. The van der Waals surface area contributed by atoms with Gasteiger partial charge in [-0.3, -0.25) is 9.52 Å². The molecule has 1 amide bonds. The van der Waals surface area contributed by atoms with E-state index in [0.29, 0.717) is 19.0 Å². The van der Waals surface area contributed by atoms with Gasteiger partial charge in [-0.25, -0.2) is 12.8 Å². The van der Waals surface area contributed by atoms with Crippen LogP contribution in [0.4, 0.5) is 10.1 Å². The van der Waals surface area contributed by atoms with Crippen LogP contribution in [0.5, 0.6) is 5.75 Å². The number of sulfonamides is 1. The molecule has 0 unspecified atom stereocenters. The Morgan fingerprint density at radius 3 is 2.49 bits per heavy atom. The largest absolute Gasteiger partial charge is 0.486 e. The molecule has 3 atom stereocenters. The number of rotatable bonds is 9. The van der Waals surface area contributed by atoms with Gasteiger partial charge in [0.25, 0.3) is 15.9 Å². The second kappa shape index (κ2) is 12.7. The van der Waals surface area contributed by atoms with Crippen molar-refractivity contribution < 1.29 is 27.4 Å². The normalized spacial score (nSPS) is 21.6. The third-order valence-electron chi connectivity index (χ3n) is 7.85. The Morgan fingerprint density at radius 2 is 1.82 bits per heavy atom. The van der Waals surface area contributed by atoms with Crippen molar-refractivity contribution in [3.05, 3.63) is 53.8 Å². The third-order valence-corrected chi connectivity index (χ3v) is 9.23. The zero-order valence-electron chi connectivity index (χ0n) is 23.0. The minimum Gasteiger partial charge on any atom is -0.486 e. The summed E-state index contributed by atoms with van der Waals surface area (Å²) in [5.74, 6) is -0.168. The monoisotopic (exact) mass is 561 g/mol. The SMILES string of the molecule is C[C@@H]1CN([C@H](C)CO)C(=O)c2cccc(NS(=O)(=O)c3ccc(F)cc3)c2O[C@@H]1CN(C)CC1CCCCC1. The minimum atomic E-state index is -4.08. The van der Waals surface area contributed by atoms with Gasteiger partial charge in [-0.15, -0.1) is 0 Å². The van der Waals surface area contributed by atoms with Gasteiger partial charge in [0, 0.05) is 25.6 Å². The van der Waals surface area contributed by atoms with Crippen LogP contribution in [0.25, 0.3) is 0 Å². The molecule has 2 N–H and O–H groups in total. The number of carbonyl (C=O) groups excluding carboxylic acids is 1. The number of nitrogens with one attached hydrogen (secondary N) is 1. The molecule has 10 heteroatoms. The fourth-order valence-electron chi connectivity index (χ4n) is 5.55. The number of amides is 1. The summed E-state index contributed by atoms with van der Waals surface area (Å²) >= 11 is 0. The van der Waals surface area contributed by atoms with Crippen LogP contribution in [-0.4, -0.2) is 74.7 Å². The second-order valence-electron chi connectivity index (χ2n) is 11.1. The van der Waals surface area contributed by atoms with Crippen LogP contribution in [0.1, 0.15) is 56.3 Å². The lowest BCUT2D eigenvalue weighted by molar-refractivity contribution is 0.0333. The quantitative estimate of drug-likeness (QED) is 0.472. The first-order valence-corrected chi connectivity index (χ1v) is 15.3. The molecule has 2 aliphatic rings. The van der Waals surface area contributed by atoms with Crippen LogP contribution in [0.2, 0.25) is 0 Å². The smallest absolute Gasteiger partial charge is 0.262 e.